The monoisotopic (exact) mass is 358 g/mol. The Morgan fingerprint density at radius 2 is 1.88 bits per heavy atom. The van der Waals surface area contributed by atoms with Crippen LogP contribution in [0.25, 0.3) is 0 Å². The van der Waals surface area contributed by atoms with E-state index in [-0.39, 0.29) is 29.0 Å². The molecule has 0 radical (unpaired) electrons. The van der Waals surface area contributed by atoms with E-state index >= 15 is 0 Å². The van der Waals surface area contributed by atoms with Crippen LogP contribution in [-0.4, -0.2) is 41.5 Å². The van der Waals surface area contributed by atoms with Gasteiger partial charge in [0.15, 0.2) is 0 Å². The van der Waals surface area contributed by atoms with Crippen LogP contribution >= 0.6 is 0 Å². The Morgan fingerprint density at radius 3 is 2.33 bits per heavy atom. The van der Waals surface area contributed by atoms with Crippen LogP contribution in [0.5, 0.6) is 5.75 Å². The van der Waals surface area contributed by atoms with Crippen molar-refractivity contribution in [2.75, 3.05) is 6.54 Å². The smallest absolute Gasteiger partial charge is 0.262 e. The van der Waals surface area contributed by atoms with Crippen LogP contribution in [0.1, 0.15) is 34.1 Å². The zero-order chi connectivity index (χ0) is 18.5. The van der Waals surface area contributed by atoms with Crippen LogP contribution in [0.3, 0.4) is 0 Å². The second-order valence-corrected chi connectivity index (χ2v) is 8.35. The normalized spacial score (nSPS) is 13.5. The van der Waals surface area contributed by atoms with Gasteiger partial charge in [0.2, 0.25) is 10.0 Å². The Morgan fingerprint density at radius 1 is 1.25 bits per heavy atom. The maximum Gasteiger partial charge on any atom is 0.262 e. The molecule has 0 saturated heterocycles. The van der Waals surface area contributed by atoms with Gasteiger partial charge in [0.1, 0.15) is 11.8 Å². The molecule has 0 spiro atoms. The fourth-order valence-corrected chi connectivity index (χ4v) is 4.18. The predicted molar refractivity (Wildman–Crippen MR) is 90.0 cm³/mol. The van der Waals surface area contributed by atoms with Gasteiger partial charge in [-0.1, -0.05) is 33.8 Å². The SMILES string of the molecule is CC(C)CCN([C@@H](C(=O)NO)C(C)C)S(=O)(=O)c1cccc(O)c1. The van der Waals surface area contributed by atoms with E-state index in [0.29, 0.717) is 6.42 Å². The average Bonchev–Trinajstić information content (AvgIpc) is 2.49. The number of benzene rings is 1. The number of carbonyl (C=O) groups excluding carboxylic acids is 1. The number of rotatable bonds is 8. The van der Waals surface area contributed by atoms with Crippen molar-refractivity contribution in [1.82, 2.24) is 9.79 Å². The molecule has 8 heteroatoms. The lowest BCUT2D eigenvalue weighted by molar-refractivity contribution is -0.134. The fourth-order valence-electron chi connectivity index (χ4n) is 2.41. The molecule has 136 valence electrons. The minimum atomic E-state index is -4.02. The summed E-state index contributed by atoms with van der Waals surface area (Å²) in [4.78, 5) is 12.0. The highest BCUT2D eigenvalue weighted by atomic mass is 32.2. The zero-order valence-electron chi connectivity index (χ0n) is 14.4. The third-order valence-corrected chi connectivity index (χ3v) is 5.55. The van der Waals surface area contributed by atoms with Crippen LogP contribution < -0.4 is 5.48 Å². The lowest BCUT2D eigenvalue weighted by atomic mass is 10.0. The number of hydroxylamine groups is 1. The molecule has 1 rings (SSSR count). The molecular weight excluding hydrogens is 332 g/mol. The van der Waals surface area contributed by atoms with Gasteiger partial charge >= 0.3 is 0 Å². The number of hydrogen-bond donors (Lipinski definition) is 3. The van der Waals surface area contributed by atoms with Gasteiger partial charge < -0.3 is 5.11 Å². The molecule has 24 heavy (non-hydrogen) atoms. The van der Waals surface area contributed by atoms with Gasteiger partial charge in [-0.15, -0.1) is 0 Å². The van der Waals surface area contributed by atoms with E-state index in [2.05, 4.69) is 0 Å². The Balaban J connectivity index is 3.37. The molecular formula is C16H26N2O5S. The molecule has 0 aliphatic carbocycles. The molecule has 0 aliphatic heterocycles. The average molecular weight is 358 g/mol. The molecule has 1 aromatic carbocycles. The van der Waals surface area contributed by atoms with Gasteiger partial charge in [-0.05, 0) is 36.5 Å². The third kappa shape index (κ3) is 4.93. The summed E-state index contributed by atoms with van der Waals surface area (Å²) >= 11 is 0. The molecule has 0 heterocycles. The minimum absolute atomic E-state index is 0.0948. The minimum Gasteiger partial charge on any atom is -0.508 e. The highest BCUT2D eigenvalue weighted by molar-refractivity contribution is 7.89. The lowest BCUT2D eigenvalue weighted by Crippen LogP contribution is -2.52. The first-order chi connectivity index (χ1) is 11.1. The van der Waals surface area contributed by atoms with Crippen molar-refractivity contribution < 1.29 is 23.5 Å². The number of aromatic hydroxyl groups is 1. The van der Waals surface area contributed by atoms with Crippen LogP contribution in [-0.2, 0) is 14.8 Å². The highest BCUT2D eigenvalue weighted by Crippen LogP contribution is 2.25. The van der Waals surface area contributed by atoms with Crippen LogP contribution in [0, 0.1) is 11.8 Å². The van der Waals surface area contributed by atoms with E-state index in [1.54, 1.807) is 19.3 Å². The molecule has 3 N–H and O–H groups in total. The molecule has 0 bridgehead atoms. The Bertz CT molecular complexity index is 658. The molecule has 1 atom stereocenters. The predicted octanol–water partition coefficient (Wildman–Crippen LogP) is 1.96. The Hall–Kier alpha value is -1.64. The van der Waals surface area contributed by atoms with Crippen molar-refractivity contribution in [1.29, 1.82) is 0 Å². The standard InChI is InChI=1S/C16H26N2O5S/c1-11(2)8-9-18(15(12(3)4)16(20)17-21)24(22,23)14-7-5-6-13(19)10-14/h5-7,10-12,15,19,21H,8-9H2,1-4H3,(H,17,20)/t15-/m1/s1. The molecule has 7 nitrogen and oxygen atoms in total. The molecule has 1 amide bonds. The zero-order valence-corrected chi connectivity index (χ0v) is 15.2. The first-order valence-corrected chi connectivity index (χ1v) is 9.30. The summed E-state index contributed by atoms with van der Waals surface area (Å²) in [7, 11) is -4.02. The van der Waals surface area contributed by atoms with E-state index in [9.17, 15) is 18.3 Å². The molecule has 0 saturated carbocycles. The fraction of sp³-hybridized carbons (Fsp3) is 0.562. The largest absolute Gasteiger partial charge is 0.508 e. The van der Waals surface area contributed by atoms with Gasteiger partial charge in [-0.25, -0.2) is 13.9 Å². The van der Waals surface area contributed by atoms with E-state index in [0.717, 1.165) is 10.4 Å². The topological polar surface area (TPSA) is 107 Å². The number of nitrogens with zero attached hydrogens (tertiary/aromatic N) is 1. The molecule has 1 aromatic rings. The second kappa shape index (κ2) is 8.46. The summed E-state index contributed by atoms with van der Waals surface area (Å²) in [6.07, 6.45) is 0.556. The van der Waals surface area contributed by atoms with E-state index in [4.69, 9.17) is 5.21 Å². The first kappa shape index (κ1) is 20.4. The summed E-state index contributed by atoms with van der Waals surface area (Å²) in [6.45, 7) is 7.46. The summed E-state index contributed by atoms with van der Waals surface area (Å²) in [6, 6.07) is 4.26. The van der Waals surface area contributed by atoms with Gasteiger partial charge in [0.05, 0.1) is 4.90 Å². The van der Waals surface area contributed by atoms with Gasteiger partial charge in [-0.2, -0.15) is 4.31 Å². The van der Waals surface area contributed by atoms with E-state index < -0.39 is 22.0 Å². The molecule has 0 aliphatic rings. The van der Waals surface area contributed by atoms with Crippen molar-refractivity contribution in [3.05, 3.63) is 24.3 Å². The third-order valence-electron chi connectivity index (χ3n) is 3.67. The molecule has 0 fully saturated rings. The van der Waals surface area contributed by atoms with Gasteiger partial charge in [-0.3, -0.25) is 10.0 Å². The summed E-state index contributed by atoms with van der Waals surface area (Å²) in [5, 5.41) is 18.6. The lowest BCUT2D eigenvalue weighted by Gasteiger charge is -2.32. The second-order valence-electron chi connectivity index (χ2n) is 6.46. The van der Waals surface area contributed by atoms with Crippen LogP contribution in [0.4, 0.5) is 0 Å². The number of carbonyl (C=O) groups is 1. The molecule has 0 aromatic heterocycles. The maximum atomic E-state index is 13.0. The number of sulfonamides is 1. The summed E-state index contributed by atoms with van der Waals surface area (Å²) in [5.41, 5.74) is 1.56. The molecule has 0 unspecified atom stereocenters. The Labute approximate surface area is 143 Å². The van der Waals surface area contributed by atoms with Crippen molar-refractivity contribution >= 4 is 15.9 Å². The van der Waals surface area contributed by atoms with Crippen molar-refractivity contribution in [2.45, 2.75) is 45.1 Å². The van der Waals surface area contributed by atoms with Crippen molar-refractivity contribution in [3.63, 3.8) is 0 Å². The van der Waals surface area contributed by atoms with E-state index in [1.165, 1.54) is 18.2 Å². The van der Waals surface area contributed by atoms with Crippen molar-refractivity contribution in [2.24, 2.45) is 11.8 Å². The van der Waals surface area contributed by atoms with Gasteiger partial charge in [0.25, 0.3) is 5.91 Å². The van der Waals surface area contributed by atoms with Crippen LogP contribution in [0.15, 0.2) is 29.2 Å². The highest BCUT2D eigenvalue weighted by Gasteiger charge is 2.37. The van der Waals surface area contributed by atoms with Crippen molar-refractivity contribution in [3.8, 4) is 5.75 Å². The number of hydrogen-bond acceptors (Lipinski definition) is 5. The summed E-state index contributed by atoms with van der Waals surface area (Å²) < 4.78 is 27.1. The van der Waals surface area contributed by atoms with Crippen LogP contribution in [0.2, 0.25) is 0 Å². The number of phenolic OH excluding ortho intramolecular Hbond substituents is 1. The van der Waals surface area contributed by atoms with Gasteiger partial charge in [0, 0.05) is 6.54 Å². The van der Waals surface area contributed by atoms with E-state index in [1.807, 2.05) is 13.8 Å². The number of amides is 1. The summed E-state index contributed by atoms with van der Waals surface area (Å²) in [5.74, 6) is -1.07. The Kier molecular flexibility index (Phi) is 7.19. The maximum absolute atomic E-state index is 13.0. The first-order valence-electron chi connectivity index (χ1n) is 7.86. The quantitative estimate of drug-likeness (QED) is 0.486. The number of phenols is 1. The number of nitrogens with one attached hydrogen (secondary N) is 1.